The van der Waals surface area contributed by atoms with Gasteiger partial charge in [0.2, 0.25) is 0 Å². The van der Waals surface area contributed by atoms with Crippen LogP contribution in [0.15, 0.2) is 12.2 Å². The minimum Gasteiger partial charge on any atom is -0.855 e. The Morgan fingerprint density at radius 3 is 1.20 bits per heavy atom. The minimum atomic E-state index is -1.92. The summed E-state index contributed by atoms with van der Waals surface area (Å²) in [7, 11) is -6.61. The summed E-state index contributed by atoms with van der Waals surface area (Å²) >= 11 is 2.05. The Labute approximate surface area is 233 Å². The quantitative estimate of drug-likeness (QED) is 0.161. The molecule has 210 valence electrons. The van der Waals surface area contributed by atoms with Gasteiger partial charge in [-0.2, -0.15) is 0 Å². The van der Waals surface area contributed by atoms with Crippen LogP contribution >= 0.6 is 0 Å². The largest absolute Gasteiger partial charge is 0.855 e. The van der Waals surface area contributed by atoms with Crippen LogP contribution in [0, 0.1) is 0 Å². The molecule has 0 bridgehead atoms. The summed E-state index contributed by atoms with van der Waals surface area (Å²) in [6.45, 7) is 30.0. The smallest absolute Gasteiger partial charge is 0.452 e. The zero-order chi connectivity index (χ0) is 29.3. The number of hydrogen-bond acceptors (Lipinski definition) is 8. The van der Waals surface area contributed by atoms with Gasteiger partial charge in [0.15, 0.2) is 25.0 Å². The molecule has 0 rings (SSSR count). The first kappa shape index (κ1) is 45.5. The van der Waals surface area contributed by atoms with E-state index in [1.165, 1.54) is 0 Å². The molecule has 0 N–H and O–H groups in total. The number of hydrogen-bond donors (Lipinski definition) is 0. The van der Waals surface area contributed by atoms with Crippen LogP contribution in [0.2, 0.25) is 63.6 Å². The van der Waals surface area contributed by atoms with Gasteiger partial charge in [0.1, 0.15) is 0 Å². The second kappa shape index (κ2) is 27.6. The van der Waals surface area contributed by atoms with E-state index < -0.39 is 34.5 Å². The van der Waals surface area contributed by atoms with Crippen LogP contribution in [0.25, 0.3) is 0 Å². The predicted octanol–water partition coefficient (Wildman–Crippen LogP) is 2.82. The SMILES string of the molecule is C=C(C)C(=O)OCC[CH2][Ti+3].CC[O-].CC[O-].CC[O-].C[Si](C)(C)O[SiH](O[Si](C)(C)C)O[Si](C)(C)C. The van der Waals surface area contributed by atoms with Gasteiger partial charge in [-0.15, -0.1) is 19.8 Å². The molecular weight excluding hydrogens is 552 g/mol. The van der Waals surface area contributed by atoms with Crippen LogP contribution in [-0.2, 0) is 42.3 Å². The normalized spacial score (nSPS) is 10.8. The fourth-order valence-electron chi connectivity index (χ4n) is 1.30. The van der Waals surface area contributed by atoms with Crippen LogP contribution in [0.1, 0.15) is 34.1 Å². The van der Waals surface area contributed by atoms with Crippen LogP contribution in [0.5, 0.6) is 0 Å². The van der Waals surface area contributed by atoms with Gasteiger partial charge in [-0.05, 0) is 58.9 Å². The van der Waals surface area contributed by atoms with Gasteiger partial charge in [0.05, 0.1) is 0 Å². The van der Waals surface area contributed by atoms with Crippen molar-refractivity contribution in [1.29, 1.82) is 0 Å². The molecule has 0 heterocycles. The molecule has 8 nitrogen and oxygen atoms in total. The second-order valence-electron chi connectivity index (χ2n) is 9.87. The van der Waals surface area contributed by atoms with Gasteiger partial charge in [-0.25, -0.2) is 0 Å². The van der Waals surface area contributed by atoms with Gasteiger partial charge >= 0.3 is 82.3 Å². The maximum Gasteiger partial charge on any atom is 0.452 e. The summed E-state index contributed by atoms with van der Waals surface area (Å²) in [5.41, 5.74) is 0.469. The fraction of sp³-hybridized carbons (Fsp3) is 0.864. The van der Waals surface area contributed by atoms with Gasteiger partial charge in [-0.3, -0.25) is 0 Å². The van der Waals surface area contributed by atoms with Gasteiger partial charge in [-0.1, -0.05) is 20.8 Å². The molecule has 0 aliphatic heterocycles. The Morgan fingerprint density at radius 1 is 0.771 bits per heavy atom. The monoisotopic (exact) mass is 606 g/mol. The third-order valence-corrected chi connectivity index (χ3v) is 13.6. The van der Waals surface area contributed by atoms with E-state index in [9.17, 15) is 4.79 Å². The summed E-state index contributed by atoms with van der Waals surface area (Å²) in [4.78, 5) is 10.7. The number of carbonyl (C=O) groups is 1. The molecule has 0 amide bonds. The van der Waals surface area contributed by atoms with Gasteiger partial charge < -0.3 is 27.7 Å². The van der Waals surface area contributed by atoms with E-state index in [4.69, 9.17) is 32.4 Å². The third-order valence-electron chi connectivity index (χ3n) is 2.25. The number of esters is 1. The van der Waals surface area contributed by atoms with E-state index in [0.717, 1.165) is 11.1 Å². The number of ether oxygens (including phenoxy) is 1. The van der Waals surface area contributed by atoms with Crippen LogP contribution in [0.4, 0.5) is 0 Å². The Morgan fingerprint density at radius 2 is 1.03 bits per heavy atom. The van der Waals surface area contributed by atoms with E-state index in [1.807, 2.05) is 0 Å². The van der Waals surface area contributed by atoms with Crippen molar-refractivity contribution in [2.24, 2.45) is 0 Å². The molecule has 0 spiro atoms. The van der Waals surface area contributed by atoms with Crippen molar-refractivity contribution in [1.82, 2.24) is 0 Å². The van der Waals surface area contributed by atoms with Crippen molar-refractivity contribution in [3.05, 3.63) is 12.2 Å². The first-order valence-electron chi connectivity index (χ1n) is 12.0. The Kier molecular flexibility index (Phi) is 35.8. The molecule has 0 saturated heterocycles. The number of carbonyl (C=O) groups excluding carboxylic acids is 1. The molecule has 0 radical (unpaired) electrons. The standard InChI is InChI=1S/C9H28O3Si4.C7H11O2.3C2H5O.Ti/c1-14(2,3)10-13(11-15(4,5)6)12-16(7,8)9;1-4-5-9-7(8)6(2)3;3*1-2-3;/h13H,1-9H3;1-2,4-5H2,3H3;3*2H2,1H3;/q;;3*-1;+3. The van der Waals surface area contributed by atoms with E-state index >= 15 is 0 Å². The van der Waals surface area contributed by atoms with Crippen molar-refractivity contribution in [2.75, 3.05) is 26.4 Å². The molecule has 0 unspecified atom stereocenters. The maximum atomic E-state index is 10.7. The van der Waals surface area contributed by atoms with Crippen molar-refractivity contribution in [3.8, 4) is 0 Å². The molecule has 0 atom stereocenters. The first-order chi connectivity index (χ1) is 15.7. The summed E-state index contributed by atoms with van der Waals surface area (Å²) in [6, 6.07) is 0. The summed E-state index contributed by atoms with van der Waals surface area (Å²) in [5.74, 6) is -0.284. The molecule has 35 heavy (non-hydrogen) atoms. The minimum absolute atomic E-state index is 0. The predicted molar refractivity (Wildman–Crippen MR) is 147 cm³/mol. The van der Waals surface area contributed by atoms with E-state index in [2.05, 4.69) is 85.9 Å². The number of rotatable bonds is 10. The molecule has 13 heteroatoms. The third kappa shape index (κ3) is 60.7. The van der Waals surface area contributed by atoms with Crippen LogP contribution in [0.3, 0.4) is 0 Å². The topological polar surface area (TPSA) is 123 Å². The molecular formula is C22H54O8Si4Ti. The van der Waals surface area contributed by atoms with Crippen LogP contribution < -0.4 is 15.3 Å². The summed E-state index contributed by atoms with van der Waals surface area (Å²) in [6.07, 6.45) is 0.930. The second-order valence-corrected chi connectivity index (χ2v) is 26.7. The zero-order valence-electron chi connectivity index (χ0n) is 24.8. The fourth-order valence-corrected chi connectivity index (χ4v) is 10.3. The van der Waals surface area contributed by atoms with Crippen LogP contribution in [-0.4, -0.2) is 66.9 Å². The van der Waals surface area contributed by atoms with E-state index in [0.29, 0.717) is 12.2 Å². The molecule has 0 aromatic carbocycles. The van der Waals surface area contributed by atoms with Crippen molar-refractivity contribution < 1.29 is 57.6 Å². The molecule has 0 fully saturated rings. The van der Waals surface area contributed by atoms with Crippen molar-refractivity contribution in [3.63, 3.8) is 0 Å². The average Bonchev–Trinajstić information content (AvgIpc) is 2.60. The molecule has 0 saturated carbocycles. The van der Waals surface area contributed by atoms with E-state index in [-0.39, 0.29) is 25.8 Å². The summed E-state index contributed by atoms with van der Waals surface area (Å²) in [5, 5.41) is 26.8. The Bertz CT molecular complexity index is 437. The summed E-state index contributed by atoms with van der Waals surface area (Å²) < 4.78 is 24.1. The van der Waals surface area contributed by atoms with Crippen molar-refractivity contribution >= 4 is 40.4 Å². The van der Waals surface area contributed by atoms with Gasteiger partial charge in [0, 0.05) is 0 Å². The zero-order valence-corrected chi connectivity index (χ0v) is 30.5. The molecule has 0 aromatic rings. The van der Waals surface area contributed by atoms with Gasteiger partial charge in [0.25, 0.3) is 0 Å². The molecule has 0 aromatic heterocycles. The average molecular weight is 607 g/mol. The maximum absolute atomic E-state index is 10.7. The molecule has 0 aliphatic rings. The molecule has 0 aliphatic carbocycles. The van der Waals surface area contributed by atoms with E-state index in [1.54, 1.807) is 27.7 Å². The first-order valence-corrected chi connectivity index (χ1v) is 24.7. The Hall–Kier alpha value is 0.552. The van der Waals surface area contributed by atoms with Crippen molar-refractivity contribution in [2.45, 2.75) is 97.8 Å². The Balaban J connectivity index is -0.000000134.